The summed E-state index contributed by atoms with van der Waals surface area (Å²) in [4.78, 5) is 7.30. The highest BCUT2D eigenvalue weighted by molar-refractivity contribution is 6.13. The smallest absolute Gasteiger partial charge is 0.227 e. The zero-order chi connectivity index (χ0) is 32.0. The van der Waals surface area contributed by atoms with Crippen LogP contribution in [0.25, 0.3) is 66.4 Å². The summed E-state index contributed by atoms with van der Waals surface area (Å²) in [6.45, 7) is 4.64. The van der Waals surface area contributed by atoms with Crippen molar-refractivity contribution in [3.8, 4) is 22.6 Å². The molecule has 2 aromatic heterocycles. The van der Waals surface area contributed by atoms with Gasteiger partial charge in [-0.2, -0.15) is 0 Å². The number of fused-ring (bicyclic) bond motifs is 9. The highest BCUT2D eigenvalue weighted by Gasteiger charge is 2.35. The zero-order valence-corrected chi connectivity index (χ0v) is 26.6. The summed E-state index contributed by atoms with van der Waals surface area (Å²) >= 11 is 0. The molecule has 0 aliphatic heterocycles. The number of hydrogen-bond acceptors (Lipinski definition) is 4. The Hall–Kier alpha value is -6.13. The monoisotopic (exact) mass is 618 g/mol. The molecule has 0 saturated heterocycles. The summed E-state index contributed by atoms with van der Waals surface area (Å²) in [5.41, 5.74) is 12.6. The van der Waals surface area contributed by atoms with E-state index in [1.54, 1.807) is 0 Å². The van der Waals surface area contributed by atoms with Gasteiger partial charge in [-0.1, -0.05) is 98.8 Å². The van der Waals surface area contributed by atoms with Gasteiger partial charge in [0.1, 0.15) is 16.7 Å². The molecule has 0 radical (unpaired) electrons. The van der Waals surface area contributed by atoms with Crippen LogP contribution in [0.3, 0.4) is 0 Å². The Labute approximate surface area is 277 Å². The molecule has 7 aromatic carbocycles. The van der Waals surface area contributed by atoms with E-state index in [1.807, 2.05) is 42.5 Å². The first-order valence-corrected chi connectivity index (χ1v) is 16.4. The van der Waals surface area contributed by atoms with Crippen LogP contribution in [0.1, 0.15) is 25.0 Å². The molecule has 0 bridgehead atoms. The van der Waals surface area contributed by atoms with E-state index in [9.17, 15) is 0 Å². The van der Waals surface area contributed by atoms with Crippen LogP contribution in [-0.4, -0.2) is 4.98 Å². The van der Waals surface area contributed by atoms with Crippen molar-refractivity contribution in [1.82, 2.24) is 4.98 Å². The highest BCUT2D eigenvalue weighted by atomic mass is 16.3. The van der Waals surface area contributed by atoms with Gasteiger partial charge in [0.05, 0.1) is 11.1 Å². The molecule has 48 heavy (non-hydrogen) atoms. The second-order valence-electron chi connectivity index (χ2n) is 13.2. The molecule has 2 heterocycles. The Morgan fingerprint density at radius 3 is 2.23 bits per heavy atom. The Balaban J connectivity index is 1.26. The van der Waals surface area contributed by atoms with Crippen LogP contribution in [-0.2, 0) is 5.41 Å². The summed E-state index contributed by atoms with van der Waals surface area (Å²) in [6, 6.07) is 51.2. The van der Waals surface area contributed by atoms with Gasteiger partial charge in [0.2, 0.25) is 5.89 Å². The minimum Gasteiger partial charge on any atom is -0.456 e. The van der Waals surface area contributed by atoms with E-state index in [0.29, 0.717) is 5.89 Å². The van der Waals surface area contributed by atoms with Gasteiger partial charge in [0, 0.05) is 33.1 Å². The largest absolute Gasteiger partial charge is 0.456 e. The van der Waals surface area contributed by atoms with E-state index < -0.39 is 0 Å². The average molecular weight is 619 g/mol. The van der Waals surface area contributed by atoms with E-state index in [0.717, 1.165) is 66.4 Å². The minimum atomic E-state index is -0.0802. The topological polar surface area (TPSA) is 42.4 Å². The van der Waals surface area contributed by atoms with Crippen molar-refractivity contribution < 1.29 is 8.83 Å². The maximum absolute atomic E-state index is 6.64. The number of aromatic nitrogens is 1. The molecular formula is C44H30N2O2. The number of hydrogen-bond donors (Lipinski definition) is 0. The number of rotatable bonds is 4. The van der Waals surface area contributed by atoms with E-state index >= 15 is 0 Å². The van der Waals surface area contributed by atoms with Gasteiger partial charge in [-0.25, -0.2) is 4.98 Å². The number of furan rings is 1. The van der Waals surface area contributed by atoms with Crippen molar-refractivity contribution in [3.63, 3.8) is 0 Å². The van der Waals surface area contributed by atoms with Gasteiger partial charge in [-0.05, 0) is 88.3 Å². The normalized spacial score (nSPS) is 13.4. The average Bonchev–Trinajstić information content (AvgIpc) is 3.80. The van der Waals surface area contributed by atoms with Crippen LogP contribution in [0.4, 0.5) is 17.1 Å². The first-order valence-electron chi connectivity index (χ1n) is 16.4. The summed E-state index contributed by atoms with van der Waals surface area (Å²) in [5, 5.41) is 4.28. The molecule has 9 aromatic rings. The Bertz CT molecular complexity index is 2720. The van der Waals surface area contributed by atoms with E-state index in [2.05, 4.69) is 122 Å². The van der Waals surface area contributed by atoms with Gasteiger partial charge in [0.25, 0.3) is 0 Å². The quantitative estimate of drug-likeness (QED) is 0.197. The third-order valence-corrected chi connectivity index (χ3v) is 10.1. The predicted octanol–water partition coefficient (Wildman–Crippen LogP) is 12.3. The van der Waals surface area contributed by atoms with Crippen LogP contribution in [0.5, 0.6) is 0 Å². The summed E-state index contributed by atoms with van der Waals surface area (Å²) in [7, 11) is 0. The van der Waals surface area contributed by atoms with Crippen LogP contribution < -0.4 is 4.90 Å². The van der Waals surface area contributed by atoms with Crippen LogP contribution >= 0.6 is 0 Å². The molecule has 1 aliphatic rings. The number of nitrogens with zero attached hydrogens (tertiary/aromatic N) is 2. The third-order valence-electron chi connectivity index (χ3n) is 10.1. The molecule has 4 heteroatoms. The van der Waals surface area contributed by atoms with E-state index in [-0.39, 0.29) is 5.41 Å². The third kappa shape index (κ3) is 3.86. The molecular weight excluding hydrogens is 588 g/mol. The lowest BCUT2D eigenvalue weighted by atomic mass is 9.82. The highest BCUT2D eigenvalue weighted by Crippen LogP contribution is 2.51. The van der Waals surface area contributed by atoms with Crippen molar-refractivity contribution >= 4 is 60.9 Å². The number of benzene rings is 7. The van der Waals surface area contributed by atoms with Gasteiger partial charge >= 0.3 is 0 Å². The Morgan fingerprint density at radius 1 is 0.562 bits per heavy atom. The maximum Gasteiger partial charge on any atom is 0.227 e. The van der Waals surface area contributed by atoms with Gasteiger partial charge in [0.15, 0.2) is 5.58 Å². The standard InChI is InChI=1S/C44H30N2O2/c1-44(2)35-16-8-6-14-31(35)33-25-29(20-22-36(33)44)46(30-21-24-40-34(26-30)32-15-7-9-18-39(32)47-40)38-17-10-13-27-19-23-37-42(41(27)38)48-43(45-37)28-11-4-3-5-12-28/h3-26H,1-2H3. The van der Waals surface area contributed by atoms with E-state index in [4.69, 9.17) is 13.8 Å². The molecule has 0 unspecified atom stereocenters. The molecule has 0 fully saturated rings. The SMILES string of the molecule is CC1(C)c2ccccc2-c2cc(N(c3ccc4oc5ccccc5c4c3)c3cccc4ccc5nc(-c6ccccc6)oc5c34)ccc21. The fraction of sp³-hybridized carbons (Fsp3) is 0.0682. The summed E-state index contributed by atoms with van der Waals surface area (Å²) < 4.78 is 12.9. The summed E-state index contributed by atoms with van der Waals surface area (Å²) in [5.74, 6) is 0.613. The van der Waals surface area contributed by atoms with Crippen molar-refractivity contribution in [2.75, 3.05) is 4.90 Å². The van der Waals surface area contributed by atoms with Crippen LogP contribution in [0.15, 0.2) is 154 Å². The van der Waals surface area contributed by atoms with Crippen molar-refractivity contribution in [1.29, 1.82) is 0 Å². The molecule has 4 nitrogen and oxygen atoms in total. The lowest BCUT2D eigenvalue weighted by Crippen LogP contribution is -2.15. The van der Waals surface area contributed by atoms with Crippen molar-refractivity contribution in [3.05, 3.63) is 157 Å². The first kappa shape index (κ1) is 27.0. The summed E-state index contributed by atoms with van der Waals surface area (Å²) in [6.07, 6.45) is 0. The lowest BCUT2D eigenvalue weighted by Gasteiger charge is -2.28. The second kappa shape index (κ2) is 9.93. The lowest BCUT2D eigenvalue weighted by molar-refractivity contribution is 0.623. The maximum atomic E-state index is 6.64. The molecule has 1 aliphatic carbocycles. The van der Waals surface area contributed by atoms with Crippen LogP contribution in [0, 0.1) is 0 Å². The molecule has 10 rings (SSSR count). The molecule has 0 spiro atoms. The molecule has 228 valence electrons. The zero-order valence-electron chi connectivity index (χ0n) is 26.6. The second-order valence-corrected chi connectivity index (χ2v) is 13.2. The molecule has 0 amide bonds. The predicted molar refractivity (Wildman–Crippen MR) is 196 cm³/mol. The Morgan fingerprint density at radius 2 is 1.31 bits per heavy atom. The van der Waals surface area contributed by atoms with Crippen LogP contribution in [0.2, 0.25) is 0 Å². The number of oxazole rings is 1. The Kier molecular flexibility index (Phi) is 5.59. The fourth-order valence-electron chi connectivity index (χ4n) is 7.75. The van der Waals surface area contributed by atoms with Crippen molar-refractivity contribution in [2.24, 2.45) is 0 Å². The number of para-hydroxylation sites is 1. The molecule has 0 atom stereocenters. The van der Waals surface area contributed by atoms with E-state index in [1.165, 1.54) is 22.3 Å². The fourth-order valence-corrected chi connectivity index (χ4v) is 7.75. The molecule has 0 N–H and O–H groups in total. The first-order chi connectivity index (χ1) is 23.5. The van der Waals surface area contributed by atoms with Crippen molar-refractivity contribution in [2.45, 2.75) is 19.3 Å². The number of anilines is 3. The molecule has 0 saturated carbocycles. The van der Waals surface area contributed by atoms with Gasteiger partial charge in [-0.3, -0.25) is 0 Å². The van der Waals surface area contributed by atoms with Gasteiger partial charge in [-0.15, -0.1) is 0 Å². The van der Waals surface area contributed by atoms with Gasteiger partial charge < -0.3 is 13.7 Å². The minimum absolute atomic E-state index is 0.0802.